The molecule has 2 amide bonds. The second-order valence-corrected chi connectivity index (χ2v) is 4.69. The summed E-state index contributed by atoms with van der Waals surface area (Å²) in [4.78, 5) is 26.3. The second-order valence-electron chi connectivity index (χ2n) is 4.69. The smallest absolute Gasteiger partial charge is 0.249 e. The summed E-state index contributed by atoms with van der Waals surface area (Å²) in [5, 5.41) is 0. The van der Waals surface area contributed by atoms with Crippen molar-refractivity contribution in [3.63, 3.8) is 0 Å². The Kier molecular flexibility index (Phi) is 4.89. The molecule has 0 aromatic heterocycles. The first kappa shape index (κ1) is 14.2. The predicted molar refractivity (Wildman–Crippen MR) is 72.3 cm³/mol. The van der Waals surface area contributed by atoms with Gasteiger partial charge < -0.3 is 9.80 Å². The van der Waals surface area contributed by atoms with Gasteiger partial charge in [0, 0.05) is 19.8 Å². The van der Waals surface area contributed by atoms with E-state index in [2.05, 4.69) is 0 Å². The number of benzene rings is 1. The zero-order valence-corrected chi connectivity index (χ0v) is 11.3. The Bertz CT molecular complexity index is 404. The molecule has 0 radical (unpaired) electrons. The third-order valence-electron chi connectivity index (χ3n) is 2.96. The molecule has 1 aromatic rings. The zero-order valence-electron chi connectivity index (χ0n) is 11.3. The molecule has 98 valence electrons. The lowest BCUT2D eigenvalue weighted by Crippen LogP contribution is -2.48. The molecule has 18 heavy (non-hydrogen) atoms. The number of carbonyl (C=O) groups is 2. The molecule has 0 spiro atoms. The van der Waals surface area contributed by atoms with Crippen LogP contribution in [0.1, 0.15) is 13.8 Å². The van der Waals surface area contributed by atoms with Gasteiger partial charge in [0.15, 0.2) is 0 Å². The van der Waals surface area contributed by atoms with Gasteiger partial charge in [-0.1, -0.05) is 32.0 Å². The van der Waals surface area contributed by atoms with Gasteiger partial charge in [-0.15, -0.1) is 0 Å². The van der Waals surface area contributed by atoms with Crippen molar-refractivity contribution in [3.8, 4) is 0 Å². The third kappa shape index (κ3) is 3.09. The van der Waals surface area contributed by atoms with Crippen LogP contribution in [0, 0.1) is 5.92 Å². The normalized spacial score (nSPS) is 12.1. The molecular weight excluding hydrogens is 228 g/mol. The molecule has 0 fully saturated rings. The molecule has 1 aromatic carbocycles. The summed E-state index contributed by atoms with van der Waals surface area (Å²) in [6.07, 6.45) is 0.696. The van der Waals surface area contributed by atoms with E-state index in [9.17, 15) is 9.59 Å². The monoisotopic (exact) mass is 248 g/mol. The average molecular weight is 248 g/mol. The van der Waals surface area contributed by atoms with Gasteiger partial charge >= 0.3 is 0 Å². The van der Waals surface area contributed by atoms with Gasteiger partial charge in [0.25, 0.3) is 0 Å². The Morgan fingerprint density at radius 1 is 1.17 bits per heavy atom. The van der Waals surface area contributed by atoms with Gasteiger partial charge in [-0.25, -0.2) is 0 Å². The van der Waals surface area contributed by atoms with Crippen molar-refractivity contribution in [2.24, 2.45) is 5.92 Å². The largest absolute Gasteiger partial charge is 0.336 e. The standard InChI is InChI=1S/C14H20N2O2/c1-11(2)13(15(3)10-17)14(18)16(4)12-8-6-5-7-9-12/h5-11,13H,1-4H3/t13-/m0/s1. The highest BCUT2D eigenvalue weighted by molar-refractivity contribution is 5.97. The van der Waals surface area contributed by atoms with Gasteiger partial charge in [0.05, 0.1) is 0 Å². The Morgan fingerprint density at radius 2 is 1.72 bits per heavy atom. The molecular formula is C14H20N2O2. The van der Waals surface area contributed by atoms with Crippen LogP contribution in [-0.2, 0) is 9.59 Å². The minimum absolute atomic E-state index is 0.0684. The third-order valence-corrected chi connectivity index (χ3v) is 2.96. The van der Waals surface area contributed by atoms with Crippen molar-refractivity contribution in [1.82, 2.24) is 4.90 Å². The number of rotatable bonds is 5. The number of hydrogen-bond acceptors (Lipinski definition) is 2. The van der Waals surface area contributed by atoms with Crippen molar-refractivity contribution in [3.05, 3.63) is 30.3 Å². The van der Waals surface area contributed by atoms with Crippen molar-refractivity contribution in [2.75, 3.05) is 19.0 Å². The van der Waals surface area contributed by atoms with E-state index in [1.165, 1.54) is 4.90 Å². The van der Waals surface area contributed by atoms with E-state index in [-0.39, 0.29) is 11.8 Å². The molecule has 0 saturated carbocycles. The van der Waals surface area contributed by atoms with Crippen molar-refractivity contribution < 1.29 is 9.59 Å². The van der Waals surface area contributed by atoms with E-state index in [4.69, 9.17) is 0 Å². The number of anilines is 1. The summed E-state index contributed by atoms with van der Waals surface area (Å²) in [5.41, 5.74) is 0.826. The minimum atomic E-state index is -0.437. The van der Waals surface area contributed by atoms with E-state index in [0.29, 0.717) is 6.41 Å². The summed E-state index contributed by atoms with van der Waals surface area (Å²) >= 11 is 0. The fraction of sp³-hybridized carbons (Fsp3) is 0.429. The van der Waals surface area contributed by atoms with E-state index in [1.54, 1.807) is 19.0 Å². The maximum absolute atomic E-state index is 12.4. The van der Waals surface area contributed by atoms with Crippen LogP contribution in [-0.4, -0.2) is 37.4 Å². The first-order chi connectivity index (χ1) is 8.49. The zero-order chi connectivity index (χ0) is 13.7. The Morgan fingerprint density at radius 3 is 2.17 bits per heavy atom. The van der Waals surface area contributed by atoms with Crippen molar-refractivity contribution in [1.29, 1.82) is 0 Å². The fourth-order valence-corrected chi connectivity index (χ4v) is 1.97. The van der Waals surface area contributed by atoms with E-state index >= 15 is 0 Å². The Labute approximate surface area is 108 Å². The van der Waals surface area contributed by atoms with Crippen molar-refractivity contribution >= 4 is 18.0 Å². The molecule has 0 N–H and O–H groups in total. The molecule has 0 aliphatic rings. The molecule has 0 aliphatic carbocycles. The fourth-order valence-electron chi connectivity index (χ4n) is 1.97. The van der Waals surface area contributed by atoms with Crippen LogP contribution in [0.4, 0.5) is 5.69 Å². The average Bonchev–Trinajstić information content (AvgIpc) is 2.38. The summed E-state index contributed by atoms with van der Waals surface area (Å²) in [7, 11) is 3.36. The van der Waals surface area contributed by atoms with E-state index in [1.807, 2.05) is 44.2 Å². The first-order valence-electron chi connectivity index (χ1n) is 5.99. The Hall–Kier alpha value is -1.84. The lowest BCUT2D eigenvalue weighted by Gasteiger charge is -2.31. The molecule has 0 bridgehead atoms. The highest BCUT2D eigenvalue weighted by atomic mass is 16.2. The maximum Gasteiger partial charge on any atom is 0.249 e. The Balaban J connectivity index is 2.93. The summed E-state index contributed by atoms with van der Waals surface area (Å²) in [6.45, 7) is 3.86. The van der Waals surface area contributed by atoms with E-state index in [0.717, 1.165) is 5.69 Å². The van der Waals surface area contributed by atoms with Gasteiger partial charge in [-0.2, -0.15) is 0 Å². The summed E-state index contributed by atoms with van der Waals surface area (Å²) < 4.78 is 0. The maximum atomic E-state index is 12.4. The number of carbonyl (C=O) groups excluding carboxylic acids is 2. The molecule has 0 saturated heterocycles. The van der Waals surface area contributed by atoms with Crippen molar-refractivity contribution in [2.45, 2.75) is 19.9 Å². The number of para-hydroxylation sites is 1. The molecule has 0 heterocycles. The first-order valence-corrected chi connectivity index (χ1v) is 5.99. The van der Waals surface area contributed by atoms with Crippen LogP contribution < -0.4 is 4.90 Å². The van der Waals surface area contributed by atoms with E-state index < -0.39 is 6.04 Å². The molecule has 4 heteroatoms. The van der Waals surface area contributed by atoms with Crippen LogP contribution in [0.3, 0.4) is 0 Å². The lowest BCUT2D eigenvalue weighted by molar-refractivity contribution is -0.131. The summed E-state index contributed by atoms with van der Waals surface area (Å²) in [5.74, 6) is -0.00957. The molecule has 0 unspecified atom stereocenters. The minimum Gasteiger partial charge on any atom is -0.336 e. The van der Waals surface area contributed by atoms with Crippen LogP contribution in [0.2, 0.25) is 0 Å². The second kappa shape index (κ2) is 6.19. The number of amides is 2. The number of likely N-dealkylation sites (N-methyl/N-ethyl adjacent to an activating group) is 2. The topological polar surface area (TPSA) is 40.6 Å². The number of nitrogens with zero attached hydrogens (tertiary/aromatic N) is 2. The molecule has 0 aliphatic heterocycles. The lowest BCUT2D eigenvalue weighted by atomic mass is 10.0. The molecule has 1 atom stereocenters. The van der Waals surface area contributed by atoms with Gasteiger partial charge in [0.1, 0.15) is 6.04 Å². The highest BCUT2D eigenvalue weighted by Crippen LogP contribution is 2.17. The van der Waals surface area contributed by atoms with Crippen LogP contribution in [0.15, 0.2) is 30.3 Å². The van der Waals surface area contributed by atoms with Crippen LogP contribution >= 0.6 is 0 Å². The van der Waals surface area contributed by atoms with Gasteiger partial charge in [-0.3, -0.25) is 9.59 Å². The van der Waals surface area contributed by atoms with Crippen LogP contribution in [0.25, 0.3) is 0 Å². The van der Waals surface area contributed by atoms with Gasteiger partial charge in [0.2, 0.25) is 12.3 Å². The SMILES string of the molecule is CC(C)[C@@H](C(=O)N(C)c1ccccc1)N(C)C=O. The molecule has 1 rings (SSSR count). The predicted octanol–water partition coefficient (Wildman–Crippen LogP) is 1.76. The van der Waals surface area contributed by atoms with Crippen LogP contribution in [0.5, 0.6) is 0 Å². The van der Waals surface area contributed by atoms with Gasteiger partial charge in [-0.05, 0) is 18.1 Å². The summed E-state index contributed by atoms with van der Waals surface area (Å²) in [6, 6.07) is 8.97. The highest BCUT2D eigenvalue weighted by Gasteiger charge is 2.28. The quantitative estimate of drug-likeness (QED) is 0.745. The number of hydrogen-bond donors (Lipinski definition) is 0. The molecule has 4 nitrogen and oxygen atoms in total.